The molecule has 22 heavy (non-hydrogen) atoms. The number of fused-ring (bicyclic) bond motifs is 3. The Bertz CT molecular complexity index is 1020. The standard InChI is InChI=1S/C14H10N6O2/c1-7-2-3-8-4-9(11(15)21)13-18-10(14-19-16-6-22-14)5-20(13)12(8)17-7/h2-6H,1H3,(H2,15,21). The number of carbonyl (C=O) groups is 1. The third-order valence-electron chi connectivity index (χ3n) is 3.36. The molecular formula is C14H10N6O2. The molecule has 0 unspecified atom stereocenters. The molecular weight excluding hydrogens is 284 g/mol. The summed E-state index contributed by atoms with van der Waals surface area (Å²) in [6.45, 7) is 1.89. The molecule has 0 saturated heterocycles. The molecule has 4 aromatic heterocycles. The van der Waals surface area contributed by atoms with Crippen LogP contribution in [0.4, 0.5) is 0 Å². The molecule has 0 aliphatic carbocycles. The molecule has 0 radical (unpaired) electrons. The Balaban J connectivity index is 2.14. The van der Waals surface area contributed by atoms with Crippen LogP contribution in [0.3, 0.4) is 0 Å². The van der Waals surface area contributed by atoms with E-state index in [1.807, 2.05) is 19.1 Å². The fourth-order valence-corrected chi connectivity index (χ4v) is 2.38. The number of carbonyl (C=O) groups excluding carboxylic acids is 1. The van der Waals surface area contributed by atoms with Crippen molar-refractivity contribution in [2.45, 2.75) is 6.92 Å². The predicted molar refractivity (Wildman–Crippen MR) is 77.0 cm³/mol. The quantitative estimate of drug-likeness (QED) is 0.597. The summed E-state index contributed by atoms with van der Waals surface area (Å²) in [5.41, 5.74) is 8.17. The highest BCUT2D eigenvalue weighted by Crippen LogP contribution is 2.24. The number of aryl methyl sites for hydroxylation is 1. The van der Waals surface area contributed by atoms with Crippen molar-refractivity contribution in [2.75, 3.05) is 0 Å². The molecule has 4 rings (SSSR count). The van der Waals surface area contributed by atoms with Crippen LogP contribution in [-0.2, 0) is 0 Å². The minimum atomic E-state index is -0.560. The zero-order valence-electron chi connectivity index (χ0n) is 11.5. The number of hydrogen-bond donors (Lipinski definition) is 1. The normalized spacial score (nSPS) is 11.3. The van der Waals surface area contributed by atoms with Crippen LogP contribution in [0.25, 0.3) is 28.3 Å². The first-order valence-corrected chi connectivity index (χ1v) is 6.49. The smallest absolute Gasteiger partial charge is 0.267 e. The first-order valence-electron chi connectivity index (χ1n) is 6.49. The van der Waals surface area contributed by atoms with E-state index in [-0.39, 0.29) is 5.89 Å². The third-order valence-corrected chi connectivity index (χ3v) is 3.36. The van der Waals surface area contributed by atoms with Gasteiger partial charge in [0.25, 0.3) is 11.8 Å². The second-order valence-corrected chi connectivity index (χ2v) is 4.85. The van der Waals surface area contributed by atoms with Crippen LogP contribution in [0.1, 0.15) is 16.1 Å². The van der Waals surface area contributed by atoms with E-state index < -0.39 is 5.91 Å². The average molecular weight is 294 g/mol. The number of pyridine rings is 2. The van der Waals surface area contributed by atoms with E-state index >= 15 is 0 Å². The van der Waals surface area contributed by atoms with Gasteiger partial charge in [-0.3, -0.25) is 9.20 Å². The van der Waals surface area contributed by atoms with Crippen LogP contribution in [-0.4, -0.2) is 30.5 Å². The number of hydrogen-bond acceptors (Lipinski definition) is 6. The van der Waals surface area contributed by atoms with Gasteiger partial charge in [-0.2, -0.15) is 0 Å². The summed E-state index contributed by atoms with van der Waals surface area (Å²) in [4.78, 5) is 20.6. The Morgan fingerprint density at radius 3 is 2.86 bits per heavy atom. The maximum atomic E-state index is 11.7. The highest BCUT2D eigenvalue weighted by atomic mass is 16.4. The molecule has 0 spiro atoms. The molecule has 4 aromatic rings. The van der Waals surface area contributed by atoms with Gasteiger partial charge in [-0.15, -0.1) is 10.2 Å². The fraction of sp³-hybridized carbons (Fsp3) is 0.0714. The molecule has 0 aromatic carbocycles. The number of nitrogens with two attached hydrogens (primary N) is 1. The lowest BCUT2D eigenvalue weighted by molar-refractivity contribution is 0.100. The van der Waals surface area contributed by atoms with Crippen LogP contribution in [0, 0.1) is 6.92 Å². The molecule has 0 aliphatic rings. The first kappa shape index (κ1) is 12.5. The predicted octanol–water partition coefficient (Wildman–Crippen LogP) is 1.34. The average Bonchev–Trinajstić information content (AvgIpc) is 3.15. The van der Waals surface area contributed by atoms with Crippen LogP contribution in [0.2, 0.25) is 0 Å². The maximum Gasteiger partial charge on any atom is 0.267 e. The Hall–Kier alpha value is -3.29. The van der Waals surface area contributed by atoms with Crippen molar-refractivity contribution in [3.63, 3.8) is 0 Å². The molecule has 2 N–H and O–H groups in total. The molecule has 0 bridgehead atoms. The number of nitrogens with zero attached hydrogens (tertiary/aromatic N) is 5. The lowest BCUT2D eigenvalue weighted by Gasteiger charge is -2.05. The summed E-state index contributed by atoms with van der Waals surface area (Å²) in [6, 6.07) is 5.44. The van der Waals surface area contributed by atoms with Gasteiger partial charge >= 0.3 is 0 Å². The van der Waals surface area contributed by atoms with Crippen LogP contribution >= 0.6 is 0 Å². The lowest BCUT2D eigenvalue weighted by Crippen LogP contribution is -2.13. The van der Waals surface area contributed by atoms with E-state index in [4.69, 9.17) is 10.2 Å². The third kappa shape index (κ3) is 1.74. The first-order chi connectivity index (χ1) is 10.6. The van der Waals surface area contributed by atoms with Gasteiger partial charge < -0.3 is 10.2 Å². The molecule has 4 heterocycles. The molecule has 0 atom stereocenters. The zero-order chi connectivity index (χ0) is 15.3. The van der Waals surface area contributed by atoms with Crippen molar-refractivity contribution >= 4 is 22.6 Å². The highest BCUT2D eigenvalue weighted by Gasteiger charge is 2.17. The zero-order valence-corrected chi connectivity index (χ0v) is 11.5. The van der Waals surface area contributed by atoms with Gasteiger partial charge in [0, 0.05) is 17.3 Å². The second kappa shape index (κ2) is 4.35. The Morgan fingerprint density at radius 1 is 1.27 bits per heavy atom. The van der Waals surface area contributed by atoms with Crippen molar-refractivity contribution in [3.8, 4) is 11.6 Å². The summed E-state index contributed by atoms with van der Waals surface area (Å²) in [6.07, 6.45) is 2.92. The second-order valence-electron chi connectivity index (χ2n) is 4.85. The topological polar surface area (TPSA) is 112 Å². The number of amides is 1. The van der Waals surface area contributed by atoms with Gasteiger partial charge in [-0.1, -0.05) is 0 Å². The molecule has 108 valence electrons. The van der Waals surface area contributed by atoms with Crippen molar-refractivity contribution in [1.29, 1.82) is 0 Å². The van der Waals surface area contributed by atoms with Crippen LogP contribution in [0.15, 0.2) is 35.2 Å². The molecule has 0 saturated carbocycles. The lowest BCUT2D eigenvalue weighted by atomic mass is 10.2. The van der Waals surface area contributed by atoms with Gasteiger partial charge in [0.15, 0.2) is 5.65 Å². The van der Waals surface area contributed by atoms with E-state index in [1.165, 1.54) is 6.39 Å². The molecule has 1 amide bonds. The summed E-state index contributed by atoms with van der Waals surface area (Å²) in [7, 11) is 0. The van der Waals surface area contributed by atoms with Gasteiger partial charge in [-0.05, 0) is 25.1 Å². The highest BCUT2D eigenvalue weighted by molar-refractivity contribution is 6.02. The minimum absolute atomic E-state index is 0.264. The molecule has 8 nitrogen and oxygen atoms in total. The molecule has 8 heteroatoms. The maximum absolute atomic E-state index is 11.7. The van der Waals surface area contributed by atoms with E-state index in [2.05, 4.69) is 20.2 Å². The SMILES string of the molecule is Cc1ccc2cc(C(N)=O)c3nc(-c4nnco4)cn3c2n1. The number of primary amides is 1. The summed E-state index contributed by atoms with van der Waals surface area (Å²) in [5.74, 6) is -0.296. The fourth-order valence-electron chi connectivity index (χ4n) is 2.38. The molecule has 0 fully saturated rings. The van der Waals surface area contributed by atoms with Gasteiger partial charge in [-0.25, -0.2) is 9.97 Å². The number of aromatic nitrogens is 5. The largest absolute Gasteiger partial charge is 0.422 e. The minimum Gasteiger partial charge on any atom is -0.422 e. The summed E-state index contributed by atoms with van der Waals surface area (Å²) >= 11 is 0. The Morgan fingerprint density at radius 2 is 2.14 bits per heavy atom. The van der Waals surface area contributed by atoms with Crippen LogP contribution in [0.5, 0.6) is 0 Å². The Kier molecular flexibility index (Phi) is 2.46. The van der Waals surface area contributed by atoms with Crippen molar-refractivity contribution < 1.29 is 9.21 Å². The van der Waals surface area contributed by atoms with E-state index in [0.717, 1.165) is 11.1 Å². The number of imidazole rings is 1. The summed E-state index contributed by atoms with van der Waals surface area (Å²) < 4.78 is 6.86. The van der Waals surface area contributed by atoms with E-state index in [9.17, 15) is 4.79 Å². The van der Waals surface area contributed by atoms with Crippen LogP contribution < -0.4 is 5.73 Å². The van der Waals surface area contributed by atoms with Gasteiger partial charge in [0.1, 0.15) is 11.3 Å². The summed E-state index contributed by atoms with van der Waals surface area (Å²) in [5, 5.41) is 8.25. The Labute approximate surface area is 123 Å². The van der Waals surface area contributed by atoms with E-state index in [0.29, 0.717) is 22.6 Å². The van der Waals surface area contributed by atoms with E-state index in [1.54, 1.807) is 16.7 Å². The van der Waals surface area contributed by atoms with Crippen molar-refractivity contribution in [1.82, 2.24) is 24.6 Å². The van der Waals surface area contributed by atoms with Gasteiger partial charge in [0.05, 0.1) is 5.56 Å². The van der Waals surface area contributed by atoms with Crippen molar-refractivity contribution in [3.05, 3.63) is 42.0 Å². The van der Waals surface area contributed by atoms with Crippen molar-refractivity contribution in [2.24, 2.45) is 5.73 Å². The van der Waals surface area contributed by atoms with Gasteiger partial charge in [0.2, 0.25) is 6.39 Å². The molecule has 0 aliphatic heterocycles. The number of rotatable bonds is 2. The monoisotopic (exact) mass is 294 g/mol.